The van der Waals surface area contributed by atoms with Gasteiger partial charge in [0.05, 0.1) is 10.6 Å². The number of sulfone groups is 1. The lowest BCUT2D eigenvalue weighted by atomic mass is 10.1. The van der Waals surface area contributed by atoms with Crippen molar-refractivity contribution in [1.29, 1.82) is 0 Å². The van der Waals surface area contributed by atoms with Crippen LogP contribution in [0.3, 0.4) is 0 Å². The molecule has 2 aromatic carbocycles. The molecule has 1 aliphatic rings. The third-order valence-electron chi connectivity index (χ3n) is 5.24. The molecule has 0 amide bonds. The molecular weight excluding hydrogens is 356 g/mol. The summed E-state index contributed by atoms with van der Waals surface area (Å²) in [5, 5.41) is 0. The number of aryl methyl sites for hydroxylation is 1. The Kier molecular flexibility index (Phi) is 7.44. The highest BCUT2D eigenvalue weighted by Crippen LogP contribution is 2.12. The second-order valence-electron chi connectivity index (χ2n) is 7.26. The van der Waals surface area contributed by atoms with E-state index >= 15 is 0 Å². The monoisotopic (exact) mass is 386 g/mol. The Labute approximate surface area is 163 Å². The zero-order valence-electron chi connectivity index (χ0n) is 16.0. The summed E-state index contributed by atoms with van der Waals surface area (Å²) < 4.78 is 24.9. The van der Waals surface area contributed by atoms with Crippen LogP contribution in [0.1, 0.15) is 18.4 Å². The maximum atomic E-state index is 12.5. The molecule has 1 heterocycles. The average molecular weight is 387 g/mol. The van der Waals surface area contributed by atoms with Crippen molar-refractivity contribution < 1.29 is 8.42 Å². The molecule has 3 rings (SSSR count). The molecule has 1 saturated heterocycles. The van der Waals surface area contributed by atoms with Crippen molar-refractivity contribution in [3.63, 3.8) is 0 Å². The molecule has 1 fully saturated rings. The fourth-order valence-corrected chi connectivity index (χ4v) is 4.92. The number of benzene rings is 2. The largest absolute Gasteiger partial charge is 0.302 e. The van der Waals surface area contributed by atoms with Crippen LogP contribution in [0.15, 0.2) is 65.6 Å². The van der Waals surface area contributed by atoms with Gasteiger partial charge < -0.3 is 9.80 Å². The summed E-state index contributed by atoms with van der Waals surface area (Å²) in [6.45, 7) is 5.81. The Morgan fingerprint density at radius 2 is 1.33 bits per heavy atom. The Morgan fingerprint density at radius 1 is 0.741 bits per heavy atom. The molecule has 4 nitrogen and oxygen atoms in total. The highest BCUT2D eigenvalue weighted by molar-refractivity contribution is 7.91. The summed E-state index contributed by atoms with van der Waals surface area (Å²) in [6, 6.07) is 19.4. The summed E-state index contributed by atoms with van der Waals surface area (Å²) in [4.78, 5) is 5.26. The maximum Gasteiger partial charge on any atom is 0.179 e. The fraction of sp³-hybridized carbons (Fsp3) is 0.455. The molecule has 27 heavy (non-hydrogen) atoms. The van der Waals surface area contributed by atoms with E-state index in [4.69, 9.17) is 0 Å². The minimum Gasteiger partial charge on any atom is -0.302 e. The zero-order valence-corrected chi connectivity index (χ0v) is 16.8. The summed E-state index contributed by atoms with van der Waals surface area (Å²) in [5.41, 5.74) is 1.40. The highest BCUT2D eigenvalue weighted by Gasteiger charge is 2.19. The normalized spacial score (nSPS) is 16.9. The van der Waals surface area contributed by atoms with Gasteiger partial charge in [0, 0.05) is 19.6 Å². The van der Waals surface area contributed by atoms with E-state index in [0.29, 0.717) is 11.4 Å². The summed E-state index contributed by atoms with van der Waals surface area (Å²) >= 11 is 0. The van der Waals surface area contributed by atoms with Crippen molar-refractivity contribution in [3.8, 4) is 0 Å². The standard InChI is InChI=1S/C22H30N2O2S/c25-27(26,22-12-5-2-6-13-22)20-19-24-16-8-15-23(17-18-24)14-7-11-21-9-3-1-4-10-21/h1-6,9-10,12-13H,7-8,11,14-20H2. The van der Waals surface area contributed by atoms with E-state index in [1.54, 1.807) is 24.3 Å². The fourth-order valence-electron chi connectivity index (χ4n) is 3.62. The highest BCUT2D eigenvalue weighted by atomic mass is 32.2. The average Bonchev–Trinajstić information content (AvgIpc) is 2.93. The first-order valence-corrected chi connectivity index (χ1v) is 11.6. The minimum absolute atomic E-state index is 0.199. The minimum atomic E-state index is -3.19. The van der Waals surface area contributed by atoms with Crippen LogP contribution in [0.2, 0.25) is 0 Å². The van der Waals surface area contributed by atoms with Crippen molar-refractivity contribution in [2.75, 3.05) is 45.0 Å². The van der Waals surface area contributed by atoms with Gasteiger partial charge in [0.25, 0.3) is 0 Å². The van der Waals surface area contributed by atoms with Crippen LogP contribution in [0.25, 0.3) is 0 Å². The Bertz CT molecular complexity index is 778. The third kappa shape index (κ3) is 6.45. The lowest BCUT2D eigenvalue weighted by molar-refractivity contribution is 0.261. The second kappa shape index (κ2) is 10.0. The van der Waals surface area contributed by atoms with Gasteiger partial charge in [-0.15, -0.1) is 0 Å². The van der Waals surface area contributed by atoms with E-state index in [1.165, 1.54) is 12.0 Å². The quantitative estimate of drug-likeness (QED) is 0.699. The van der Waals surface area contributed by atoms with E-state index in [0.717, 1.165) is 45.6 Å². The first-order chi connectivity index (χ1) is 13.1. The third-order valence-corrected chi connectivity index (χ3v) is 6.95. The number of nitrogens with zero attached hydrogens (tertiary/aromatic N) is 2. The van der Waals surface area contributed by atoms with Gasteiger partial charge in [-0.2, -0.15) is 0 Å². The van der Waals surface area contributed by atoms with Crippen LogP contribution in [-0.4, -0.2) is 63.2 Å². The van der Waals surface area contributed by atoms with E-state index in [9.17, 15) is 8.42 Å². The molecule has 0 saturated carbocycles. The van der Waals surface area contributed by atoms with Crippen molar-refractivity contribution >= 4 is 9.84 Å². The second-order valence-corrected chi connectivity index (χ2v) is 9.37. The van der Waals surface area contributed by atoms with E-state index < -0.39 is 9.84 Å². The zero-order chi connectivity index (χ0) is 19.0. The topological polar surface area (TPSA) is 40.6 Å². The van der Waals surface area contributed by atoms with Gasteiger partial charge in [0.15, 0.2) is 9.84 Å². The Balaban J connectivity index is 1.40. The van der Waals surface area contributed by atoms with Gasteiger partial charge in [-0.25, -0.2) is 8.42 Å². The van der Waals surface area contributed by atoms with Crippen molar-refractivity contribution in [1.82, 2.24) is 9.80 Å². The smallest absolute Gasteiger partial charge is 0.179 e. The summed E-state index contributed by atoms with van der Waals surface area (Å²) in [5.74, 6) is 0.199. The van der Waals surface area contributed by atoms with Gasteiger partial charge in [0.2, 0.25) is 0 Å². The molecule has 1 aliphatic heterocycles. The molecule has 146 valence electrons. The van der Waals surface area contributed by atoms with E-state index in [1.807, 2.05) is 6.07 Å². The van der Waals surface area contributed by atoms with Gasteiger partial charge >= 0.3 is 0 Å². The Hall–Kier alpha value is -1.69. The molecule has 0 radical (unpaired) electrons. The Morgan fingerprint density at radius 3 is 2.00 bits per heavy atom. The van der Waals surface area contributed by atoms with E-state index in [2.05, 4.69) is 40.1 Å². The lowest BCUT2D eigenvalue weighted by Crippen LogP contribution is -2.34. The van der Waals surface area contributed by atoms with Crippen LogP contribution in [0.5, 0.6) is 0 Å². The predicted molar refractivity (Wildman–Crippen MR) is 111 cm³/mol. The lowest BCUT2D eigenvalue weighted by Gasteiger charge is -2.21. The van der Waals surface area contributed by atoms with Gasteiger partial charge in [-0.05, 0) is 56.6 Å². The summed E-state index contributed by atoms with van der Waals surface area (Å²) in [6.07, 6.45) is 3.40. The van der Waals surface area contributed by atoms with Crippen molar-refractivity contribution in [2.45, 2.75) is 24.2 Å². The van der Waals surface area contributed by atoms with Gasteiger partial charge in [-0.3, -0.25) is 0 Å². The first kappa shape index (κ1) is 20.1. The van der Waals surface area contributed by atoms with Crippen LogP contribution < -0.4 is 0 Å². The molecular formula is C22H30N2O2S. The van der Waals surface area contributed by atoms with Gasteiger partial charge in [-0.1, -0.05) is 48.5 Å². The first-order valence-electron chi connectivity index (χ1n) is 9.90. The molecule has 0 atom stereocenters. The van der Waals surface area contributed by atoms with E-state index in [-0.39, 0.29) is 5.75 Å². The predicted octanol–water partition coefficient (Wildman–Crippen LogP) is 3.10. The van der Waals surface area contributed by atoms with Crippen LogP contribution in [0.4, 0.5) is 0 Å². The molecule has 0 aliphatic carbocycles. The number of hydrogen-bond acceptors (Lipinski definition) is 4. The molecule has 0 bridgehead atoms. The molecule has 0 spiro atoms. The molecule has 0 N–H and O–H groups in total. The van der Waals surface area contributed by atoms with Crippen LogP contribution in [0, 0.1) is 0 Å². The number of hydrogen-bond donors (Lipinski definition) is 0. The molecule has 5 heteroatoms. The van der Waals surface area contributed by atoms with Crippen LogP contribution >= 0.6 is 0 Å². The SMILES string of the molecule is O=S(=O)(CCN1CCCN(CCCc2ccccc2)CC1)c1ccccc1. The summed E-state index contributed by atoms with van der Waals surface area (Å²) in [7, 11) is -3.19. The molecule has 2 aromatic rings. The van der Waals surface area contributed by atoms with Crippen molar-refractivity contribution in [3.05, 3.63) is 66.2 Å². The molecule has 0 unspecified atom stereocenters. The van der Waals surface area contributed by atoms with Crippen LogP contribution in [-0.2, 0) is 16.3 Å². The number of rotatable bonds is 8. The maximum absolute atomic E-state index is 12.5. The van der Waals surface area contributed by atoms with Gasteiger partial charge in [0.1, 0.15) is 0 Å². The van der Waals surface area contributed by atoms with Crippen molar-refractivity contribution in [2.24, 2.45) is 0 Å². The molecule has 0 aromatic heterocycles.